The number of aromatic nitrogens is 4. The molecular formula is C21H20BrN5O2S. The first-order valence-electron chi connectivity index (χ1n) is 9.45. The fourth-order valence-corrected chi connectivity index (χ4v) is 4.46. The summed E-state index contributed by atoms with van der Waals surface area (Å²) in [7, 11) is 0. The average Bonchev–Trinajstić information content (AvgIpc) is 3.14. The van der Waals surface area contributed by atoms with E-state index in [0.717, 1.165) is 15.6 Å². The third-order valence-corrected chi connectivity index (χ3v) is 5.99. The van der Waals surface area contributed by atoms with Gasteiger partial charge in [0.25, 0.3) is 0 Å². The van der Waals surface area contributed by atoms with Gasteiger partial charge in [-0.25, -0.2) is 9.48 Å². The lowest BCUT2D eigenvalue weighted by atomic mass is 9.96. The number of hydrogen-bond acceptors (Lipinski definition) is 7. The van der Waals surface area contributed by atoms with Crippen LogP contribution in [0.3, 0.4) is 0 Å². The summed E-state index contributed by atoms with van der Waals surface area (Å²) in [4.78, 5) is 21.6. The van der Waals surface area contributed by atoms with Crippen LogP contribution in [0.25, 0.3) is 0 Å². The van der Waals surface area contributed by atoms with E-state index in [-0.39, 0.29) is 5.97 Å². The molecule has 0 bridgehead atoms. The first-order valence-corrected chi connectivity index (χ1v) is 11.2. The number of benzene rings is 1. The monoisotopic (exact) mass is 485 g/mol. The highest BCUT2D eigenvalue weighted by molar-refractivity contribution is 9.10. The molecule has 154 valence electrons. The van der Waals surface area contributed by atoms with Gasteiger partial charge in [-0.2, -0.15) is 4.98 Å². The van der Waals surface area contributed by atoms with E-state index in [1.807, 2.05) is 49.5 Å². The van der Waals surface area contributed by atoms with Gasteiger partial charge in [0.2, 0.25) is 11.1 Å². The lowest BCUT2D eigenvalue weighted by Gasteiger charge is -2.28. The van der Waals surface area contributed by atoms with E-state index >= 15 is 0 Å². The van der Waals surface area contributed by atoms with Crippen LogP contribution in [0.2, 0.25) is 0 Å². The second-order valence-electron chi connectivity index (χ2n) is 6.65. The van der Waals surface area contributed by atoms with E-state index in [9.17, 15) is 4.79 Å². The number of allylic oxidation sites excluding steroid dienone is 1. The molecule has 4 rings (SSSR count). The molecule has 0 radical (unpaired) electrons. The Kier molecular flexibility index (Phi) is 6.19. The predicted molar refractivity (Wildman–Crippen MR) is 119 cm³/mol. The van der Waals surface area contributed by atoms with Crippen molar-refractivity contribution in [3.8, 4) is 0 Å². The Bertz CT molecular complexity index is 1100. The Morgan fingerprint density at radius 3 is 2.93 bits per heavy atom. The van der Waals surface area contributed by atoms with Crippen molar-refractivity contribution < 1.29 is 9.53 Å². The molecule has 0 amide bonds. The highest BCUT2D eigenvalue weighted by atomic mass is 79.9. The number of anilines is 1. The van der Waals surface area contributed by atoms with Gasteiger partial charge < -0.3 is 10.1 Å². The van der Waals surface area contributed by atoms with Crippen molar-refractivity contribution in [1.29, 1.82) is 0 Å². The van der Waals surface area contributed by atoms with Crippen LogP contribution in [-0.2, 0) is 15.3 Å². The second-order valence-corrected chi connectivity index (χ2v) is 8.51. The Morgan fingerprint density at radius 2 is 2.20 bits per heavy atom. The number of nitrogens with zero attached hydrogens (tertiary/aromatic N) is 4. The largest absolute Gasteiger partial charge is 0.463 e. The fourth-order valence-electron chi connectivity index (χ4n) is 3.28. The average molecular weight is 486 g/mol. The standard InChI is InChI=1S/C21H20BrN5O2S/c1-3-29-19(28)17-13(2)24-20-25-21(30-12-14-6-5-9-23-11-14)26-27(20)18(17)15-7-4-8-16(22)10-15/h4-11,18H,3,12H2,1-2H3,(H,24,25,26)/t18-/m0/s1. The third kappa shape index (κ3) is 4.27. The molecule has 1 N–H and O–H groups in total. The van der Waals surface area contributed by atoms with Crippen molar-refractivity contribution in [3.63, 3.8) is 0 Å². The number of nitrogens with one attached hydrogen (secondary N) is 1. The summed E-state index contributed by atoms with van der Waals surface area (Å²) in [5, 5.41) is 8.55. The molecule has 1 aliphatic rings. The summed E-state index contributed by atoms with van der Waals surface area (Å²) in [5.41, 5.74) is 3.25. The van der Waals surface area contributed by atoms with E-state index in [0.29, 0.717) is 34.7 Å². The lowest BCUT2D eigenvalue weighted by molar-refractivity contribution is -0.139. The quantitative estimate of drug-likeness (QED) is 0.404. The van der Waals surface area contributed by atoms with E-state index in [4.69, 9.17) is 9.84 Å². The van der Waals surface area contributed by atoms with Gasteiger partial charge >= 0.3 is 5.97 Å². The minimum absolute atomic E-state index is 0.303. The van der Waals surface area contributed by atoms with Crippen molar-refractivity contribution >= 4 is 39.6 Å². The first-order chi connectivity index (χ1) is 14.6. The molecule has 0 saturated carbocycles. The van der Waals surface area contributed by atoms with Crippen LogP contribution in [0.15, 0.2) is 69.7 Å². The lowest BCUT2D eigenvalue weighted by Crippen LogP contribution is -2.29. The summed E-state index contributed by atoms with van der Waals surface area (Å²) in [6.45, 7) is 3.96. The van der Waals surface area contributed by atoms with Crippen molar-refractivity contribution in [1.82, 2.24) is 19.7 Å². The number of ether oxygens (including phenoxy) is 1. The normalized spacial score (nSPS) is 15.5. The molecule has 30 heavy (non-hydrogen) atoms. The van der Waals surface area contributed by atoms with Crippen LogP contribution in [-0.4, -0.2) is 32.3 Å². The summed E-state index contributed by atoms with van der Waals surface area (Å²) in [5.74, 6) is 0.938. The van der Waals surface area contributed by atoms with Gasteiger partial charge in [-0.05, 0) is 43.2 Å². The maximum absolute atomic E-state index is 12.8. The minimum atomic E-state index is -0.432. The molecule has 0 spiro atoms. The molecule has 7 nitrogen and oxygen atoms in total. The number of halogens is 1. The number of thioether (sulfide) groups is 1. The smallest absolute Gasteiger partial charge is 0.338 e. The first kappa shape index (κ1) is 20.6. The molecule has 0 unspecified atom stereocenters. The maximum Gasteiger partial charge on any atom is 0.338 e. The number of hydrogen-bond donors (Lipinski definition) is 1. The van der Waals surface area contributed by atoms with Gasteiger partial charge in [0.05, 0.1) is 12.2 Å². The topological polar surface area (TPSA) is 81.9 Å². The molecule has 3 heterocycles. The van der Waals surface area contributed by atoms with Crippen LogP contribution in [0.1, 0.15) is 31.0 Å². The number of carbonyl (C=O) groups excluding carboxylic acids is 1. The van der Waals surface area contributed by atoms with Crippen LogP contribution >= 0.6 is 27.7 Å². The summed E-state index contributed by atoms with van der Waals surface area (Å²) < 4.78 is 8.02. The van der Waals surface area contributed by atoms with Crippen LogP contribution in [0.4, 0.5) is 5.95 Å². The molecule has 0 fully saturated rings. The Balaban J connectivity index is 1.71. The van der Waals surface area contributed by atoms with Gasteiger partial charge in [0.1, 0.15) is 6.04 Å². The van der Waals surface area contributed by atoms with Crippen LogP contribution < -0.4 is 5.32 Å². The zero-order valence-corrected chi connectivity index (χ0v) is 18.9. The zero-order chi connectivity index (χ0) is 21.1. The number of rotatable bonds is 6. The predicted octanol–water partition coefficient (Wildman–Crippen LogP) is 4.58. The van der Waals surface area contributed by atoms with E-state index < -0.39 is 6.04 Å². The number of fused-ring (bicyclic) bond motifs is 1. The molecule has 1 aliphatic heterocycles. The third-order valence-electron chi connectivity index (χ3n) is 4.58. The maximum atomic E-state index is 12.8. The van der Waals surface area contributed by atoms with Gasteiger partial charge in [-0.3, -0.25) is 4.98 Å². The van der Waals surface area contributed by atoms with Gasteiger partial charge in [-0.15, -0.1) is 5.10 Å². The molecule has 2 aromatic heterocycles. The SMILES string of the molecule is CCOC(=O)C1=C(C)Nc2nc(SCc3cccnc3)nn2[C@H]1c1cccc(Br)c1. The molecule has 3 aromatic rings. The number of pyridine rings is 1. The minimum Gasteiger partial charge on any atom is -0.463 e. The van der Waals surface area contributed by atoms with Crippen molar-refractivity contribution in [3.05, 3.63) is 75.7 Å². The molecule has 1 atom stereocenters. The Hall–Kier alpha value is -2.65. The summed E-state index contributed by atoms with van der Waals surface area (Å²) in [6, 6.07) is 11.3. The number of carbonyl (C=O) groups is 1. The Morgan fingerprint density at radius 1 is 1.33 bits per heavy atom. The number of esters is 1. The zero-order valence-electron chi connectivity index (χ0n) is 16.5. The molecule has 0 saturated heterocycles. The van der Waals surface area contributed by atoms with Crippen LogP contribution in [0, 0.1) is 0 Å². The molecule has 0 aliphatic carbocycles. The highest BCUT2D eigenvalue weighted by Gasteiger charge is 2.35. The highest BCUT2D eigenvalue weighted by Crippen LogP contribution is 2.37. The van der Waals surface area contributed by atoms with Crippen molar-refractivity contribution in [2.45, 2.75) is 30.8 Å². The molecule has 1 aromatic carbocycles. The fraction of sp³-hybridized carbons (Fsp3) is 0.238. The van der Waals surface area contributed by atoms with Crippen molar-refractivity contribution in [2.24, 2.45) is 0 Å². The van der Waals surface area contributed by atoms with Gasteiger partial charge in [0, 0.05) is 28.3 Å². The van der Waals surface area contributed by atoms with E-state index in [1.165, 1.54) is 11.8 Å². The van der Waals surface area contributed by atoms with Gasteiger partial charge in [-0.1, -0.05) is 45.9 Å². The molecule has 9 heteroatoms. The summed E-state index contributed by atoms with van der Waals surface area (Å²) in [6.07, 6.45) is 3.58. The van der Waals surface area contributed by atoms with Gasteiger partial charge in [0.15, 0.2) is 0 Å². The van der Waals surface area contributed by atoms with E-state index in [1.54, 1.807) is 17.8 Å². The Labute approximate surface area is 187 Å². The van der Waals surface area contributed by atoms with Crippen molar-refractivity contribution in [2.75, 3.05) is 11.9 Å². The van der Waals surface area contributed by atoms with E-state index in [2.05, 4.69) is 31.2 Å². The second kappa shape index (κ2) is 9.01. The molecular weight excluding hydrogens is 466 g/mol. The summed E-state index contributed by atoms with van der Waals surface area (Å²) >= 11 is 5.05. The van der Waals surface area contributed by atoms with Crippen LogP contribution in [0.5, 0.6) is 0 Å².